The van der Waals surface area contributed by atoms with Crippen LogP contribution < -0.4 is 10.5 Å². The number of hydrogen-bond donors (Lipinski definition) is 1. The van der Waals surface area contributed by atoms with Gasteiger partial charge in [-0.15, -0.1) is 0 Å². The van der Waals surface area contributed by atoms with Crippen LogP contribution in [-0.4, -0.2) is 13.3 Å². The summed E-state index contributed by atoms with van der Waals surface area (Å²) in [5, 5.41) is 0. The summed E-state index contributed by atoms with van der Waals surface area (Å²) >= 11 is 0. The predicted octanol–water partition coefficient (Wildman–Crippen LogP) is 1.98. The highest BCUT2D eigenvalue weighted by Gasteiger charge is 2.18. The molecule has 0 amide bonds. The van der Waals surface area contributed by atoms with Gasteiger partial charge in [-0.05, 0) is 36.1 Å². The molecule has 0 heterocycles. The van der Waals surface area contributed by atoms with E-state index in [1.807, 2.05) is 18.2 Å². The van der Waals surface area contributed by atoms with Gasteiger partial charge >= 0.3 is 0 Å². The first-order valence-corrected chi connectivity index (χ1v) is 4.88. The van der Waals surface area contributed by atoms with Crippen molar-refractivity contribution >= 4 is 0 Å². The maximum Gasteiger partial charge on any atom is 0.123 e. The van der Waals surface area contributed by atoms with Gasteiger partial charge in [-0.1, -0.05) is 6.07 Å². The molecule has 0 fully saturated rings. The van der Waals surface area contributed by atoms with E-state index in [1.165, 1.54) is 11.1 Å². The molecule has 1 aliphatic rings. The van der Waals surface area contributed by atoms with Crippen LogP contribution in [0.3, 0.4) is 0 Å². The van der Waals surface area contributed by atoms with E-state index < -0.39 is 6.67 Å². The molecule has 1 aromatic rings. The highest BCUT2D eigenvalue weighted by molar-refractivity contribution is 5.40. The fraction of sp³-hybridized carbons (Fsp3) is 0.455. The van der Waals surface area contributed by atoms with Crippen LogP contribution in [0.25, 0.3) is 0 Å². The van der Waals surface area contributed by atoms with Crippen molar-refractivity contribution in [2.75, 3.05) is 13.3 Å². The maximum atomic E-state index is 11.9. The minimum Gasteiger partial charge on any atom is -0.491 e. The van der Waals surface area contributed by atoms with Gasteiger partial charge in [0.1, 0.15) is 19.0 Å². The second kappa shape index (κ2) is 3.96. The third kappa shape index (κ3) is 1.73. The Morgan fingerprint density at radius 1 is 1.50 bits per heavy atom. The van der Waals surface area contributed by atoms with Crippen molar-refractivity contribution in [3.63, 3.8) is 0 Å². The van der Waals surface area contributed by atoms with Gasteiger partial charge in [0.05, 0.1) is 0 Å². The molecule has 2 nitrogen and oxygen atoms in total. The van der Waals surface area contributed by atoms with Crippen molar-refractivity contribution < 1.29 is 9.13 Å². The van der Waals surface area contributed by atoms with Crippen molar-refractivity contribution in [3.8, 4) is 5.75 Å². The molecule has 76 valence electrons. The molecule has 1 aromatic carbocycles. The summed E-state index contributed by atoms with van der Waals surface area (Å²) in [6.07, 6.45) is 2.01. The third-order valence-electron chi connectivity index (χ3n) is 2.58. The van der Waals surface area contributed by atoms with Crippen molar-refractivity contribution in [3.05, 3.63) is 29.3 Å². The molecule has 0 saturated carbocycles. The van der Waals surface area contributed by atoms with E-state index in [9.17, 15) is 4.39 Å². The van der Waals surface area contributed by atoms with Crippen molar-refractivity contribution in [2.45, 2.75) is 18.9 Å². The number of fused-ring (bicyclic) bond motifs is 1. The highest BCUT2D eigenvalue weighted by atomic mass is 19.1. The minimum absolute atomic E-state index is 0.130. The standard InChI is InChI=1S/C11H14FNO/c12-5-6-14-9-2-3-10-8(7-9)1-4-11(10)13/h2-3,7,11H,1,4-6,13H2/t11-/m0/s1. The Morgan fingerprint density at radius 2 is 2.36 bits per heavy atom. The molecular weight excluding hydrogens is 181 g/mol. The molecular formula is C11H14FNO. The van der Waals surface area contributed by atoms with Crippen molar-refractivity contribution in [2.24, 2.45) is 5.73 Å². The number of benzene rings is 1. The van der Waals surface area contributed by atoms with Gasteiger partial charge in [0.15, 0.2) is 0 Å². The molecule has 2 rings (SSSR count). The lowest BCUT2D eigenvalue weighted by Crippen LogP contribution is -2.05. The van der Waals surface area contributed by atoms with Crippen LogP contribution >= 0.6 is 0 Å². The average molecular weight is 195 g/mol. The Kier molecular flexibility index (Phi) is 2.68. The lowest BCUT2D eigenvalue weighted by Gasteiger charge is -2.07. The van der Waals surface area contributed by atoms with Crippen LogP contribution in [0.4, 0.5) is 4.39 Å². The molecule has 1 aliphatic carbocycles. The van der Waals surface area contributed by atoms with Crippen LogP contribution in [-0.2, 0) is 6.42 Å². The molecule has 3 heteroatoms. The lowest BCUT2D eigenvalue weighted by atomic mass is 10.1. The number of hydrogen-bond acceptors (Lipinski definition) is 2. The fourth-order valence-corrected chi connectivity index (χ4v) is 1.87. The summed E-state index contributed by atoms with van der Waals surface area (Å²) in [5.41, 5.74) is 8.35. The highest BCUT2D eigenvalue weighted by Crippen LogP contribution is 2.31. The molecule has 0 spiro atoms. The average Bonchev–Trinajstić information content (AvgIpc) is 2.57. The van der Waals surface area contributed by atoms with E-state index >= 15 is 0 Å². The molecule has 0 aromatic heterocycles. The van der Waals surface area contributed by atoms with Crippen LogP contribution in [0.5, 0.6) is 5.75 Å². The number of aryl methyl sites for hydroxylation is 1. The SMILES string of the molecule is N[C@H]1CCc2cc(OCCF)ccc21. The summed E-state index contributed by atoms with van der Waals surface area (Å²) in [7, 11) is 0. The summed E-state index contributed by atoms with van der Waals surface area (Å²) in [6, 6.07) is 5.98. The first-order valence-electron chi connectivity index (χ1n) is 4.88. The number of nitrogens with two attached hydrogens (primary N) is 1. The fourth-order valence-electron chi connectivity index (χ4n) is 1.87. The van der Waals surface area contributed by atoms with E-state index in [2.05, 4.69) is 0 Å². The molecule has 2 N–H and O–H groups in total. The molecule has 0 radical (unpaired) electrons. The molecule has 0 saturated heterocycles. The Labute approximate surface area is 82.9 Å². The Morgan fingerprint density at radius 3 is 3.14 bits per heavy atom. The van der Waals surface area contributed by atoms with Crippen LogP contribution in [0.1, 0.15) is 23.6 Å². The summed E-state index contributed by atoms with van der Waals surface area (Å²) in [5.74, 6) is 0.746. The van der Waals surface area contributed by atoms with Gasteiger partial charge in [-0.2, -0.15) is 0 Å². The Bertz CT molecular complexity index is 327. The molecule has 0 unspecified atom stereocenters. The van der Waals surface area contributed by atoms with Gasteiger partial charge in [0, 0.05) is 6.04 Å². The summed E-state index contributed by atoms with van der Waals surface area (Å²) in [4.78, 5) is 0. The van der Waals surface area contributed by atoms with Gasteiger partial charge < -0.3 is 10.5 Å². The number of halogens is 1. The van der Waals surface area contributed by atoms with Crippen LogP contribution in [0.15, 0.2) is 18.2 Å². The smallest absolute Gasteiger partial charge is 0.123 e. The maximum absolute atomic E-state index is 11.9. The van der Waals surface area contributed by atoms with Gasteiger partial charge in [0.2, 0.25) is 0 Å². The molecule has 14 heavy (non-hydrogen) atoms. The molecule has 0 bridgehead atoms. The van der Waals surface area contributed by atoms with Crippen LogP contribution in [0.2, 0.25) is 0 Å². The first kappa shape index (κ1) is 9.46. The topological polar surface area (TPSA) is 35.2 Å². The number of ether oxygens (including phenoxy) is 1. The molecule has 1 atom stereocenters. The summed E-state index contributed by atoms with van der Waals surface area (Å²) in [6.45, 7) is -0.318. The zero-order chi connectivity index (χ0) is 9.97. The van der Waals surface area contributed by atoms with Crippen LogP contribution in [0, 0.1) is 0 Å². The largest absolute Gasteiger partial charge is 0.491 e. The zero-order valence-electron chi connectivity index (χ0n) is 8.00. The van der Waals surface area contributed by atoms with E-state index in [1.54, 1.807) is 0 Å². The normalized spacial score (nSPS) is 19.4. The van der Waals surface area contributed by atoms with E-state index in [-0.39, 0.29) is 12.6 Å². The number of alkyl halides is 1. The van der Waals surface area contributed by atoms with Gasteiger partial charge in [0.25, 0.3) is 0 Å². The molecule has 0 aliphatic heterocycles. The van der Waals surface area contributed by atoms with Gasteiger partial charge in [-0.3, -0.25) is 0 Å². The number of rotatable bonds is 3. The second-order valence-corrected chi connectivity index (χ2v) is 3.54. The predicted molar refractivity (Wildman–Crippen MR) is 53.2 cm³/mol. The zero-order valence-corrected chi connectivity index (χ0v) is 8.00. The summed E-state index contributed by atoms with van der Waals surface area (Å²) < 4.78 is 17.1. The lowest BCUT2D eigenvalue weighted by molar-refractivity contribution is 0.273. The first-order chi connectivity index (χ1) is 6.81. The second-order valence-electron chi connectivity index (χ2n) is 3.54. The van der Waals surface area contributed by atoms with Crippen molar-refractivity contribution in [1.82, 2.24) is 0 Å². The quantitative estimate of drug-likeness (QED) is 0.800. The monoisotopic (exact) mass is 195 g/mol. The van der Waals surface area contributed by atoms with Crippen molar-refractivity contribution in [1.29, 1.82) is 0 Å². The van der Waals surface area contributed by atoms with Gasteiger partial charge in [-0.25, -0.2) is 4.39 Å². The van der Waals surface area contributed by atoms with E-state index in [0.29, 0.717) is 0 Å². The third-order valence-corrected chi connectivity index (χ3v) is 2.58. The van der Waals surface area contributed by atoms with E-state index in [0.717, 1.165) is 18.6 Å². The minimum atomic E-state index is -0.448. The Balaban J connectivity index is 2.15. The Hall–Kier alpha value is -1.09. The van der Waals surface area contributed by atoms with E-state index in [4.69, 9.17) is 10.5 Å².